The highest BCUT2D eigenvalue weighted by Crippen LogP contribution is 2.45. The van der Waals surface area contributed by atoms with Gasteiger partial charge in [-0.05, 0) is 30.7 Å². The highest BCUT2D eigenvalue weighted by atomic mass is 32.2. The fraction of sp³-hybridized carbons (Fsp3) is 0.300. The van der Waals surface area contributed by atoms with Crippen LogP contribution in [0.4, 0.5) is 0 Å². The summed E-state index contributed by atoms with van der Waals surface area (Å²) < 4.78 is 0. The van der Waals surface area contributed by atoms with Gasteiger partial charge in [0.15, 0.2) is 9.79 Å². The van der Waals surface area contributed by atoms with Gasteiger partial charge in [-0.15, -0.1) is 0 Å². The lowest BCUT2D eigenvalue weighted by molar-refractivity contribution is -0.306. The molecule has 0 atom stereocenters. The molecule has 0 N–H and O–H groups in total. The molecule has 1 aliphatic heterocycles. The van der Waals surface area contributed by atoms with Crippen LogP contribution in [-0.2, 0) is 10.9 Å². The fourth-order valence-corrected chi connectivity index (χ4v) is 6.26. The predicted octanol–water partition coefficient (Wildman–Crippen LogP) is 5.36. The van der Waals surface area contributed by atoms with E-state index in [1.165, 1.54) is 32.4 Å². The van der Waals surface area contributed by atoms with Gasteiger partial charge in [-0.1, -0.05) is 74.4 Å². The second-order valence-electron chi connectivity index (χ2n) is 5.73. The van der Waals surface area contributed by atoms with Crippen molar-refractivity contribution in [3.05, 3.63) is 59.7 Å². The number of unbranched alkanes of at least 4 members (excludes halogenated alkanes) is 3. The largest absolute Gasteiger partial charge is 0.872 e. The predicted molar refractivity (Wildman–Crippen MR) is 97.7 cm³/mol. The van der Waals surface area contributed by atoms with Crippen molar-refractivity contribution in [1.82, 2.24) is 0 Å². The van der Waals surface area contributed by atoms with Gasteiger partial charge in [-0.25, -0.2) is 0 Å². The summed E-state index contributed by atoms with van der Waals surface area (Å²) in [6, 6.07) is 17.0. The molecule has 0 aliphatic carbocycles. The van der Waals surface area contributed by atoms with Crippen LogP contribution in [0.2, 0.25) is 0 Å². The van der Waals surface area contributed by atoms with Crippen molar-refractivity contribution in [1.29, 1.82) is 0 Å². The first-order chi connectivity index (χ1) is 11.3. The Morgan fingerprint density at radius 2 is 1.57 bits per heavy atom. The molecule has 3 rings (SSSR count). The summed E-state index contributed by atoms with van der Waals surface area (Å²) in [5, 5.41) is 14.4. The van der Waals surface area contributed by atoms with Crippen molar-refractivity contribution in [2.45, 2.75) is 58.6 Å². The van der Waals surface area contributed by atoms with Crippen molar-refractivity contribution in [3.8, 4) is 0 Å². The van der Waals surface area contributed by atoms with Gasteiger partial charge < -0.3 is 5.11 Å². The maximum atomic E-state index is 12.4. The number of rotatable bonds is 6. The molecule has 1 nitrogen and oxygen atoms in total. The molecule has 2 aromatic rings. The Balaban J connectivity index is 1.86. The van der Waals surface area contributed by atoms with Crippen molar-refractivity contribution in [3.63, 3.8) is 0 Å². The molecular formula is C20H22OS2. The van der Waals surface area contributed by atoms with E-state index in [-0.39, 0.29) is 10.9 Å². The highest BCUT2D eigenvalue weighted by molar-refractivity contribution is 8.05. The molecule has 0 unspecified atom stereocenters. The molecule has 0 amide bonds. The molecule has 0 bridgehead atoms. The summed E-state index contributed by atoms with van der Waals surface area (Å²) in [4.78, 5) is 5.14. The Morgan fingerprint density at radius 3 is 2.17 bits per heavy atom. The van der Waals surface area contributed by atoms with Crippen molar-refractivity contribution in [2.24, 2.45) is 0 Å². The van der Waals surface area contributed by atoms with Gasteiger partial charge in [-0.2, -0.15) is 0 Å². The quantitative estimate of drug-likeness (QED) is 0.401. The van der Waals surface area contributed by atoms with Crippen LogP contribution < -0.4 is 5.11 Å². The maximum Gasteiger partial charge on any atom is 0.179 e. The molecule has 3 heteroatoms. The summed E-state index contributed by atoms with van der Waals surface area (Å²) in [5.74, 6) is 0.293. The third-order valence-corrected chi connectivity index (χ3v) is 7.49. The first-order valence-electron chi connectivity index (χ1n) is 8.26. The van der Waals surface area contributed by atoms with Crippen LogP contribution in [0.1, 0.15) is 39.0 Å². The maximum absolute atomic E-state index is 12.4. The monoisotopic (exact) mass is 342 g/mol. The van der Waals surface area contributed by atoms with E-state index in [0.29, 0.717) is 12.2 Å². The Labute approximate surface area is 146 Å². The van der Waals surface area contributed by atoms with Crippen LogP contribution in [0.15, 0.2) is 79.3 Å². The van der Waals surface area contributed by atoms with Gasteiger partial charge >= 0.3 is 0 Å². The van der Waals surface area contributed by atoms with Crippen molar-refractivity contribution in [2.75, 3.05) is 0 Å². The first-order valence-corrected chi connectivity index (χ1v) is 10.4. The van der Waals surface area contributed by atoms with Crippen LogP contribution in [-0.4, -0.2) is 0 Å². The minimum atomic E-state index is -0.227. The molecule has 0 saturated heterocycles. The summed E-state index contributed by atoms with van der Waals surface area (Å²) in [5.41, 5.74) is 0. The summed E-state index contributed by atoms with van der Waals surface area (Å²) in [6.07, 6.45) is 5.29. The standard InChI is InChI=1S/C20H22OS2/c1-2-3-4-5-10-16(21)15-23-19-13-8-6-11-17(19)22-18-12-7-9-14-20(18)23/h6-9,11-15H,2-5,10H2,1H3/b16-15-. The van der Waals surface area contributed by atoms with Crippen LogP contribution in [0.5, 0.6) is 0 Å². The van der Waals surface area contributed by atoms with Gasteiger partial charge in [0.05, 0.1) is 20.7 Å². The number of benzene rings is 2. The van der Waals surface area contributed by atoms with Crippen LogP contribution in [0.3, 0.4) is 0 Å². The van der Waals surface area contributed by atoms with Gasteiger partial charge in [-0.3, -0.25) is 0 Å². The number of hydrogen-bond donors (Lipinski definition) is 0. The second-order valence-corrected chi connectivity index (χ2v) is 8.60. The van der Waals surface area contributed by atoms with E-state index in [2.05, 4.69) is 55.5 Å². The Bertz CT molecular complexity index is 648. The summed E-state index contributed by atoms with van der Waals surface area (Å²) >= 11 is 1.81. The molecule has 120 valence electrons. The van der Waals surface area contributed by atoms with E-state index in [0.717, 1.165) is 12.8 Å². The van der Waals surface area contributed by atoms with Crippen molar-refractivity contribution < 1.29 is 5.11 Å². The molecule has 0 saturated carbocycles. The SMILES string of the molecule is CCCCCC/C([O-])=C/[S+]1c2ccccc2Sc2ccccc21. The van der Waals surface area contributed by atoms with E-state index in [1.54, 1.807) is 0 Å². The lowest BCUT2D eigenvalue weighted by Crippen LogP contribution is -2.12. The van der Waals surface area contributed by atoms with Crippen LogP contribution in [0, 0.1) is 0 Å². The average molecular weight is 343 g/mol. The fourth-order valence-electron chi connectivity index (χ4n) is 2.71. The lowest BCUT2D eigenvalue weighted by Gasteiger charge is -2.18. The topological polar surface area (TPSA) is 23.1 Å². The molecule has 0 radical (unpaired) electrons. The third-order valence-electron chi connectivity index (χ3n) is 3.92. The second kappa shape index (κ2) is 7.98. The summed E-state index contributed by atoms with van der Waals surface area (Å²) in [7, 11) is -0.227. The van der Waals surface area contributed by atoms with E-state index < -0.39 is 0 Å². The normalized spacial score (nSPS) is 14.4. The number of fused-ring (bicyclic) bond motifs is 2. The Morgan fingerprint density at radius 1 is 0.957 bits per heavy atom. The van der Waals surface area contributed by atoms with Crippen molar-refractivity contribution >= 4 is 22.7 Å². The highest BCUT2D eigenvalue weighted by Gasteiger charge is 2.33. The average Bonchev–Trinajstić information content (AvgIpc) is 2.58. The van der Waals surface area contributed by atoms with Gasteiger partial charge in [0.1, 0.15) is 5.41 Å². The molecular weight excluding hydrogens is 320 g/mol. The third kappa shape index (κ3) is 3.96. The molecule has 0 spiro atoms. The zero-order chi connectivity index (χ0) is 16.1. The lowest BCUT2D eigenvalue weighted by atomic mass is 10.1. The minimum Gasteiger partial charge on any atom is -0.872 e. The molecule has 0 aromatic heterocycles. The Kier molecular flexibility index (Phi) is 5.74. The molecule has 2 aromatic carbocycles. The zero-order valence-corrected chi connectivity index (χ0v) is 15.1. The van der Waals surface area contributed by atoms with E-state index in [9.17, 15) is 5.11 Å². The van der Waals surface area contributed by atoms with Gasteiger partial charge in [0.2, 0.25) is 0 Å². The van der Waals surface area contributed by atoms with Crippen LogP contribution in [0.25, 0.3) is 0 Å². The van der Waals surface area contributed by atoms with E-state index in [4.69, 9.17) is 0 Å². The molecule has 1 aliphatic rings. The molecule has 0 fully saturated rings. The Hall–Kier alpha value is -1.32. The summed E-state index contributed by atoms with van der Waals surface area (Å²) in [6.45, 7) is 2.20. The van der Waals surface area contributed by atoms with Gasteiger partial charge in [0.25, 0.3) is 0 Å². The van der Waals surface area contributed by atoms with E-state index in [1.807, 2.05) is 17.2 Å². The smallest absolute Gasteiger partial charge is 0.179 e. The van der Waals surface area contributed by atoms with Gasteiger partial charge in [0, 0.05) is 0 Å². The number of hydrogen-bond acceptors (Lipinski definition) is 2. The van der Waals surface area contributed by atoms with Crippen LogP contribution >= 0.6 is 11.8 Å². The zero-order valence-electron chi connectivity index (χ0n) is 13.5. The number of allylic oxidation sites excluding steroid dienone is 1. The minimum absolute atomic E-state index is 0.227. The molecule has 1 heterocycles. The molecule has 23 heavy (non-hydrogen) atoms. The van der Waals surface area contributed by atoms with E-state index >= 15 is 0 Å². The first kappa shape index (κ1) is 16.5.